The van der Waals surface area contributed by atoms with Crippen LogP contribution >= 0.6 is 11.8 Å². The maximum absolute atomic E-state index is 13.5. The molecule has 0 bridgehead atoms. The molecule has 0 atom stereocenters. The van der Waals surface area contributed by atoms with Crippen LogP contribution < -0.4 is 0 Å². The predicted octanol–water partition coefficient (Wildman–Crippen LogP) is 4.31. The first-order chi connectivity index (χ1) is 10.3. The summed E-state index contributed by atoms with van der Waals surface area (Å²) in [6, 6.07) is 16.4. The molecule has 3 aromatic rings. The summed E-state index contributed by atoms with van der Waals surface area (Å²) in [7, 11) is 0. The second kappa shape index (κ2) is 6.54. The average Bonchev–Trinajstić information content (AvgIpc) is 2.99. The number of hydrogen-bond acceptors (Lipinski definition) is 4. The molecule has 5 heteroatoms. The quantitative estimate of drug-likeness (QED) is 0.704. The lowest BCUT2D eigenvalue weighted by Crippen LogP contribution is -1.88. The maximum atomic E-state index is 13.5. The Bertz CT molecular complexity index is 715. The molecule has 0 unspecified atom stereocenters. The fraction of sp³-hybridized carbons (Fsp3) is 0.125. The Hall–Kier alpha value is -2.14. The van der Waals surface area contributed by atoms with Crippen molar-refractivity contribution in [1.82, 2.24) is 10.1 Å². The van der Waals surface area contributed by atoms with E-state index in [1.165, 1.54) is 6.07 Å². The van der Waals surface area contributed by atoms with Gasteiger partial charge in [0.1, 0.15) is 5.82 Å². The fourth-order valence-electron chi connectivity index (χ4n) is 1.88. The molecule has 3 rings (SSSR count). The third kappa shape index (κ3) is 3.49. The Morgan fingerprint density at radius 1 is 0.952 bits per heavy atom. The third-order valence-electron chi connectivity index (χ3n) is 2.94. The molecule has 0 fully saturated rings. The van der Waals surface area contributed by atoms with E-state index in [2.05, 4.69) is 10.1 Å². The average molecular weight is 300 g/mol. The van der Waals surface area contributed by atoms with Crippen molar-refractivity contribution in [2.75, 3.05) is 0 Å². The second-order valence-corrected chi connectivity index (χ2v) is 5.45. The van der Waals surface area contributed by atoms with Gasteiger partial charge in [-0.3, -0.25) is 0 Å². The van der Waals surface area contributed by atoms with Crippen LogP contribution in [-0.2, 0) is 11.5 Å². The van der Waals surface area contributed by atoms with Gasteiger partial charge in [0, 0.05) is 11.3 Å². The van der Waals surface area contributed by atoms with Gasteiger partial charge in [-0.2, -0.15) is 4.98 Å². The Balaban J connectivity index is 1.60. The van der Waals surface area contributed by atoms with Crippen LogP contribution in [0.1, 0.15) is 11.5 Å². The van der Waals surface area contributed by atoms with Crippen molar-refractivity contribution in [3.63, 3.8) is 0 Å². The molecule has 106 valence electrons. The largest absolute Gasteiger partial charge is 0.338 e. The van der Waals surface area contributed by atoms with E-state index in [9.17, 15) is 4.39 Å². The Labute approximate surface area is 126 Å². The fourth-order valence-corrected chi connectivity index (χ4v) is 2.73. The van der Waals surface area contributed by atoms with Crippen LogP contribution in [0.3, 0.4) is 0 Å². The lowest BCUT2D eigenvalue weighted by molar-refractivity contribution is 0.391. The first kappa shape index (κ1) is 13.8. The summed E-state index contributed by atoms with van der Waals surface area (Å²) in [4.78, 5) is 4.34. The van der Waals surface area contributed by atoms with Crippen molar-refractivity contribution in [2.24, 2.45) is 0 Å². The van der Waals surface area contributed by atoms with Crippen molar-refractivity contribution in [1.29, 1.82) is 0 Å². The highest BCUT2D eigenvalue weighted by Gasteiger charge is 2.08. The molecule has 0 saturated carbocycles. The van der Waals surface area contributed by atoms with E-state index in [0.717, 1.165) is 5.56 Å². The smallest absolute Gasteiger partial charge is 0.236 e. The highest BCUT2D eigenvalue weighted by molar-refractivity contribution is 7.97. The molecule has 0 aliphatic heterocycles. The van der Waals surface area contributed by atoms with Gasteiger partial charge >= 0.3 is 0 Å². The number of nitrogens with zero attached hydrogens (tertiary/aromatic N) is 2. The summed E-state index contributed by atoms with van der Waals surface area (Å²) in [6.45, 7) is 0. The molecule has 21 heavy (non-hydrogen) atoms. The van der Waals surface area contributed by atoms with Gasteiger partial charge in [-0.15, -0.1) is 11.8 Å². The maximum Gasteiger partial charge on any atom is 0.236 e. The number of hydrogen-bond donors (Lipinski definition) is 0. The molecule has 3 nitrogen and oxygen atoms in total. The standard InChI is InChI=1S/C16H13FN2OS/c17-14-9-5-4-8-13(14)10-21-11-15-18-16(19-20-15)12-6-2-1-3-7-12/h1-9H,10-11H2. The van der Waals surface area contributed by atoms with Crippen LogP contribution in [0.5, 0.6) is 0 Å². The summed E-state index contributed by atoms with van der Waals surface area (Å²) in [5.74, 6) is 2.09. The number of aromatic nitrogens is 2. The van der Waals surface area contributed by atoms with Gasteiger partial charge in [0.2, 0.25) is 11.7 Å². The van der Waals surface area contributed by atoms with E-state index in [0.29, 0.717) is 28.8 Å². The van der Waals surface area contributed by atoms with E-state index < -0.39 is 0 Å². The van der Waals surface area contributed by atoms with Gasteiger partial charge in [-0.25, -0.2) is 4.39 Å². The highest BCUT2D eigenvalue weighted by atomic mass is 32.2. The summed E-state index contributed by atoms with van der Waals surface area (Å²) < 4.78 is 18.7. The minimum absolute atomic E-state index is 0.180. The lowest BCUT2D eigenvalue weighted by atomic mass is 10.2. The van der Waals surface area contributed by atoms with E-state index in [-0.39, 0.29) is 5.82 Å². The van der Waals surface area contributed by atoms with Crippen LogP contribution in [0.4, 0.5) is 4.39 Å². The Morgan fingerprint density at radius 2 is 1.71 bits per heavy atom. The summed E-state index contributed by atoms with van der Waals surface area (Å²) in [5.41, 5.74) is 1.61. The van der Waals surface area contributed by atoms with E-state index in [1.807, 2.05) is 36.4 Å². The molecule has 0 radical (unpaired) electrons. The number of rotatable bonds is 5. The SMILES string of the molecule is Fc1ccccc1CSCc1nc(-c2ccccc2)no1. The summed E-state index contributed by atoms with van der Waals surface area (Å²) in [6.07, 6.45) is 0. The van der Waals surface area contributed by atoms with Crippen LogP contribution in [0, 0.1) is 5.82 Å². The summed E-state index contributed by atoms with van der Waals surface area (Å²) in [5, 5.41) is 3.96. The van der Waals surface area contributed by atoms with Gasteiger partial charge < -0.3 is 4.52 Å². The molecule has 1 aromatic heterocycles. The number of benzene rings is 2. The monoisotopic (exact) mass is 300 g/mol. The normalized spacial score (nSPS) is 10.7. The third-order valence-corrected chi connectivity index (χ3v) is 3.91. The van der Waals surface area contributed by atoms with Gasteiger partial charge in [-0.1, -0.05) is 53.7 Å². The van der Waals surface area contributed by atoms with Gasteiger partial charge in [0.15, 0.2) is 0 Å². The summed E-state index contributed by atoms with van der Waals surface area (Å²) >= 11 is 1.55. The van der Waals surface area contributed by atoms with Gasteiger partial charge in [-0.05, 0) is 11.6 Å². The molecular formula is C16H13FN2OS. The zero-order valence-electron chi connectivity index (χ0n) is 11.2. The van der Waals surface area contributed by atoms with E-state index in [4.69, 9.17) is 4.52 Å². The first-order valence-electron chi connectivity index (χ1n) is 6.52. The van der Waals surface area contributed by atoms with Crippen LogP contribution in [0.15, 0.2) is 59.1 Å². The first-order valence-corrected chi connectivity index (χ1v) is 7.67. The Kier molecular flexibility index (Phi) is 4.31. The number of halogens is 1. The van der Waals surface area contributed by atoms with Crippen LogP contribution in [0.25, 0.3) is 11.4 Å². The molecule has 0 aliphatic rings. The topological polar surface area (TPSA) is 38.9 Å². The van der Waals surface area contributed by atoms with Crippen molar-refractivity contribution >= 4 is 11.8 Å². The Morgan fingerprint density at radius 3 is 2.52 bits per heavy atom. The second-order valence-electron chi connectivity index (χ2n) is 4.46. The molecule has 0 N–H and O–H groups in total. The molecule has 2 aromatic carbocycles. The van der Waals surface area contributed by atoms with Crippen LogP contribution in [-0.4, -0.2) is 10.1 Å². The zero-order chi connectivity index (χ0) is 14.5. The lowest BCUT2D eigenvalue weighted by Gasteiger charge is -2.00. The van der Waals surface area contributed by atoms with E-state index in [1.54, 1.807) is 23.9 Å². The van der Waals surface area contributed by atoms with Crippen molar-refractivity contribution in [2.45, 2.75) is 11.5 Å². The van der Waals surface area contributed by atoms with Crippen molar-refractivity contribution in [3.8, 4) is 11.4 Å². The van der Waals surface area contributed by atoms with Gasteiger partial charge in [0.25, 0.3) is 0 Å². The zero-order valence-corrected chi connectivity index (χ0v) is 12.0. The van der Waals surface area contributed by atoms with Crippen molar-refractivity contribution < 1.29 is 8.91 Å². The molecule has 0 saturated heterocycles. The molecular weight excluding hydrogens is 287 g/mol. The van der Waals surface area contributed by atoms with Gasteiger partial charge in [0.05, 0.1) is 5.75 Å². The molecule has 0 spiro atoms. The predicted molar refractivity (Wildman–Crippen MR) is 81.1 cm³/mol. The molecule has 0 aliphatic carbocycles. The van der Waals surface area contributed by atoms with Crippen molar-refractivity contribution in [3.05, 3.63) is 71.9 Å². The highest BCUT2D eigenvalue weighted by Crippen LogP contribution is 2.21. The number of thioether (sulfide) groups is 1. The minimum Gasteiger partial charge on any atom is -0.338 e. The molecule has 1 heterocycles. The minimum atomic E-state index is -0.180. The van der Waals surface area contributed by atoms with Crippen LogP contribution in [0.2, 0.25) is 0 Å². The molecule has 0 amide bonds. The van der Waals surface area contributed by atoms with E-state index >= 15 is 0 Å².